The number of imidazole rings is 1. The molecule has 13 heteroatoms. The van der Waals surface area contributed by atoms with Gasteiger partial charge in [0.2, 0.25) is 11.8 Å². The summed E-state index contributed by atoms with van der Waals surface area (Å²) in [7, 11) is -1.36. The molecule has 0 spiro atoms. The minimum absolute atomic E-state index is 0.0456. The van der Waals surface area contributed by atoms with E-state index in [1.807, 2.05) is 43.6 Å². The number of carbonyl (C=O) groups is 3. The van der Waals surface area contributed by atoms with E-state index in [2.05, 4.69) is 14.7 Å². The molecule has 0 bridgehead atoms. The highest BCUT2D eigenvalue weighted by molar-refractivity contribution is 7.87. The Morgan fingerprint density at radius 2 is 1.98 bits per heavy atom. The number of nitrogens with one attached hydrogen (secondary N) is 1. The van der Waals surface area contributed by atoms with Crippen LogP contribution in [0, 0.1) is 17.3 Å². The minimum atomic E-state index is -4.04. The van der Waals surface area contributed by atoms with Gasteiger partial charge in [-0.2, -0.15) is 17.7 Å². The number of fused-ring (bicyclic) bond motifs is 3. The Morgan fingerprint density at radius 3 is 2.70 bits per heavy atom. The van der Waals surface area contributed by atoms with Crippen LogP contribution in [-0.2, 0) is 24.6 Å². The maximum atomic E-state index is 14.1. The van der Waals surface area contributed by atoms with Gasteiger partial charge in [-0.3, -0.25) is 23.9 Å². The lowest BCUT2D eigenvalue weighted by atomic mass is 9.91. The van der Waals surface area contributed by atoms with Crippen LogP contribution in [0.1, 0.15) is 78.2 Å². The first-order valence-electron chi connectivity index (χ1n) is 15.6. The molecule has 4 heterocycles. The smallest absolute Gasteiger partial charge is 0.303 e. The van der Waals surface area contributed by atoms with Gasteiger partial charge in [0.1, 0.15) is 11.6 Å². The molecule has 5 atom stereocenters. The normalized spacial score (nSPS) is 29.2. The zero-order valence-corrected chi connectivity index (χ0v) is 27.0. The largest absolute Gasteiger partial charge is 0.459 e. The molecular formula is C31H44N6O6S. The molecule has 12 nitrogen and oxygen atoms in total. The number of ether oxygens (including phenoxy) is 1. The van der Waals surface area contributed by atoms with Crippen LogP contribution in [0.4, 0.5) is 0 Å². The van der Waals surface area contributed by atoms with Gasteiger partial charge in [-0.1, -0.05) is 31.9 Å². The van der Waals surface area contributed by atoms with Gasteiger partial charge in [-0.15, -0.1) is 0 Å². The van der Waals surface area contributed by atoms with E-state index in [4.69, 9.17) is 4.74 Å². The van der Waals surface area contributed by atoms with Crippen LogP contribution in [-0.4, -0.2) is 82.5 Å². The molecule has 0 unspecified atom stereocenters. The van der Waals surface area contributed by atoms with Crippen molar-refractivity contribution in [2.45, 2.75) is 90.3 Å². The van der Waals surface area contributed by atoms with Crippen LogP contribution < -0.4 is 9.46 Å². The van der Waals surface area contributed by atoms with Gasteiger partial charge < -0.3 is 9.64 Å². The zero-order chi connectivity index (χ0) is 31.8. The number of nitrogens with zero attached hydrogens (tertiary/aromatic N) is 5. The Bertz CT molecular complexity index is 1550. The van der Waals surface area contributed by atoms with E-state index in [0.29, 0.717) is 17.9 Å². The number of aromatic nitrogens is 3. The molecule has 2 fully saturated rings. The minimum Gasteiger partial charge on any atom is -0.459 e. The number of rotatable bonds is 6. The van der Waals surface area contributed by atoms with Gasteiger partial charge in [-0.05, 0) is 51.5 Å². The molecule has 2 aliphatic heterocycles. The van der Waals surface area contributed by atoms with Crippen molar-refractivity contribution in [2.24, 2.45) is 17.3 Å². The van der Waals surface area contributed by atoms with Crippen LogP contribution in [0.5, 0.6) is 6.01 Å². The molecule has 1 saturated heterocycles. The molecule has 1 aliphatic carbocycles. The van der Waals surface area contributed by atoms with Crippen molar-refractivity contribution in [3.05, 3.63) is 30.6 Å². The first-order valence-corrected chi connectivity index (χ1v) is 17.0. The van der Waals surface area contributed by atoms with Crippen LogP contribution in [0.15, 0.2) is 30.6 Å². The van der Waals surface area contributed by atoms with Crippen molar-refractivity contribution in [3.8, 4) is 6.01 Å². The highest BCUT2D eigenvalue weighted by Crippen LogP contribution is 2.57. The summed E-state index contributed by atoms with van der Waals surface area (Å²) in [4.78, 5) is 51.9. The van der Waals surface area contributed by atoms with Crippen molar-refractivity contribution in [3.63, 3.8) is 0 Å². The van der Waals surface area contributed by atoms with Crippen LogP contribution >= 0.6 is 0 Å². The van der Waals surface area contributed by atoms with Crippen molar-refractivity contribution < 1.29 is 27.5 Å². The van der Waals surface area contributed by atoms with E-state index in [-0.39, 0.29) is 49.0 Å². The molecule has 2 aromatic heterocycles. The van der Waals surface area contributed by atoms with E-state index in [1.165, 1.54) is 14.1 Å². The molecule has 44 heavy (non-hydrogen) atoms. The molecule has 0 radical (unpaired) electrons. The first-order chi connectivity index (χ1) is 20.8. The predicted molar refractivity (Wildman–Crippen MR) is 165 cm³/mol. The zero-order valence-electron chi connectivity index (χ0n) is 26.2. The highest BCUT2D eigenvalue weighted by atomic mass is 32.2. The number of Topliss-reactive ketones (excluding diaryl/α,β-unsaturated/α-hetero) is 1. The van der Waals surface area contributed by atoms with Crippen molar-refractivity contribution >= 4 is 38.8 Å². The fraction of sp³-hybridized carbons (Fsp3) is 0.645. The molecule has 1 N–H and O–H groups in total. The van der Waals surface area contributed by atoms with Crippen LogP contribution in [0.3, 0.4) is 0 Å². The van der Waals surface area contributed by atoms with E-state index in [0.717, 1.165) is 41.9 Å². The van der Waals surface area contributed by atoms with Gasteiger partial charge in [0.05, 0.1) is 29.7 Å². The number of hydrogen-bond acceptors (Lipinski definition) is 8. The molecule has 3 aliphatic rings. The average molecular weight is 629 g/mol. The summed E-state index contributed by atoms with van der Waals surface area (Å²) in [6, 6.07) is 1.54. The summed E-state index contributed by atoms with van der Waals surface area (Å²) < 4.78 is 36.6. The van der Waals surface area contributed by atoms with Crippen LogP contribution in [0.25, 0.3) is 11.0 Å². The maximum Gasteiger partial charge on any atom is 0.303 e. The maximum absolute atomic E-state index is 14.1. The van der Waals surface area contributed by atoms with Crippen LogP contribution in [0.2, 0.25) is 0 Å². The number of hydrogen-bond donors (Lipinski definition) is 1. The highest BCUT2D eigenvalue weighted by Gasteiger charge is 2.61. The standard InChI is InChI=1S/C31H44N6O6S/c1-20(2)37-25-13-14-32-18-24(25)33-30(37)43-23-15-26-27(38)17-31(29(40)34-44(41,42)35(4)5)16-22(31)12-10-8-6-7-9-11-21(3)28(39)36(26)19-23/h10,12-14,18,20-23,26H,6-9,11,15-17,19H2,1-5H3,(H,34,40)/b12-10-/t21-,22+,23+,26-,31+/m0/s1. The lowest BCUT2D eigenvalue weighted by Gasteiger charge is -2.27. The third-order valence-corrected chi connectivity index (χ3v) is 10.6. The van der Waals surface area contributed by atoms with E-state index >= 15 is 0 Å². The molecular weight excluding hydrogens is 584 g/mol. The van der Waals surface area contributed by atoms with Gasteiger partial charge in [0, 0.05) is 45.1 Å². The van der Waals surface area contributed by atoms with Gasteiger partial charge in [0.15, 0.2) is 5.78 Å². The number of allylic oxidation sites excluding steroid dienone is 2. The first kappa shape index (κ1) is 32.1. The second-order valence-electron chi connectivity index (χ2n) is 13.0. The number of pyridine rings is 1. The number of ketones is 1. The summed E-state index contributed by atoms with van der Waals surface area (Å²) in [6.07, 6.45) is 11.7. The fourth-order valence-electron chi connectivity index (χ4n) is 6.52. The Labute approximate surface area is 259 Å². The second kappa shape index (κ2) is 12.6. The third kappa shape index (κ3) is 6.39. The Balaban J connectivity index is 1.44. The summed E-state index contributed by atoms with van der Waals surface area (Å²) in [5.41, 5.74) is 0.389. The molecule has 1 saturated carbocycles. The Morgan fingerprint density at radius 1 is 1.20 bits per heavy atom. The van der Waals surface area contributed by atoms with Crippen molar-refractivity contribution in [1.29, 1.82) is 0 Å². The molecule has 0 aromatic carbocycles. The third-order valence-electron chi connectivity index (χ3n) is 9.24. The number of carbonyl (C=O) groups excluding carboxylic acids is 3. The Kier molecular flexibility index (Phi) is 9.18. The summed E-state index contributed by atoms with van der Waals surface area (Å²) in [5, 5.41) is 0. The molecule has 2 aromatic rings. The van der Waals surface area contributed by atoms with E-state index in [9.17, 15) is 22.8 Å². The lowest BCUT2D eigenvalue weighted by Crippen LogP contribution is -2.47. The summed E-state index contributed by atoms with van der Waals surface area (Å²) in [6.45, 7) is 6.18. The van der Waals surface area contributed by atoms with Crippen molar-refractivity contribution in [1.82, 2.24) is 28.5 Å². The second-order valence-corrected chi connectivity index (χ2v) is 14.9. The van der Waals surface area contributed by atoms with Gasteiger partial charge in [0.25, 0.3) is 6.01 Å². The Hall–Kier alpha value is -3.32. The topological polar surface area (TPSA) is 144 Å². The summed E-state index contributed by atoms with van der Waals surface area (Å²) >= 11 is 0. The summed E-state index contributed by atoms with van der Waals surface area (Å²) in [5.74, 6) is -1.58. The monoisotopic (exact) mass is 628 g/mol. The van der Waals surface area contributed by atoms with E-state index in [1.54, 1.807) is 17.3 Å². The average Bonchev–Trinajstić information content (AvgIpc) is 3.30. The SMILES string of the molecule is CC(C)n1c(O[C@@H]2C[C@H]3C(=O)C[C@]4(C(=O)NS(=O)(=O)N(C)C)C[C@H]4/C=C\CCCCC[C@H](C)C(=O)N3C2)nc2cnccc21. The molecule has 5 rings (SSSR count). The van der Waals surface area contributed by atoms with Gasteiger partial charge >= 0.3 is 10.2 Å². The lowest BCUT2D eigenvalue weighted by molar-refractivity contribution is -0.141. The predicted octanol–water partition coefficient (Wildman–Crippen LogP) is 3.41. The van der Waals surface area contributed by atoms with Gasteiger partial charge in [-0.25, -0.2) is 4.72 Å². The molecule has 2 amide bonds. The quantitative estimate of drug-likeness (QED) is 0.480. The van der Waals surface area contributed by atoms with Crippen molar-refractivity contribution in [2.75, 3.05) is 20.6 Å². The fourth-order valence-corrected chi connectivity index (χ4v) is 7.14. The van der Waals surface area contributed by atoms with E-state index < -0.39 is 33.7 Å². The number of amides is 2. The molecule has 240 valence electrons.